The monoisotopic (exact) mass is 284 g/mol. The quantitative estimate of drug-likeness (QED) is 0.854. The lowest BCUT2D eigenvalue weighted by atomic mass is 9.98. The molecule has 2 aromatic rings. The third kappa shape index (κ3) is 3.28. The summed E-state index contributed by atoms with van der Waals surface area (Å²) >= 11 is 0. The third-order valence-electron chi connectivity index (χ3n) is 3.25. The van der Waals surface area contributed by atoms with Crippen molar-refractivity contribution in [3.05, 3.63) is 64.7 Å². The number of ketones is 1. The topological polar surface area (TPSA) is 63.6 Å². The van der Waals surface area contributed by atoms with E-state index >= 15 is 0 Å². The van der Waals surface area contributed by atoms with Gasteiger partial charge in [-0.2, -0.15) is 0 Å². The molecule has 108 valence electrons. The Labute approximate surface area is 123 Å². The average molecular weight is 284 g/mol. The van der Waals surface area contributed by atoms with Gasteiger partial charge in [-0.05, 0) is 31.5 Å². The van der Waals surface area contributed by atoms with Crippen LogP contribution in [0.4, 0.5) is 0 Å². The number of carboxylic acid groups (broad SMARTS) is 1. The minimum atomic E-state index is -1.12. The molecule has 0 aromatic heterocycles. The van der Waals surface area contributed by atoms with Gasteiger partial charge >= 0.3 is 5.97 Å². The van der Waals surface area contributed by atoms with E-state index in [-0.39, 0.29) is 16.9 Å². The molecule has 2 rings (SSSR count). The van der Waals surface area contributed by atoms with E-state index in [1.165, 1.54) is 13.0 Å². The zero-order valence-corrected chi connectivity index (χ0v) is 11.9. The largest absolute Gasteiger partial charge is 0.489 e. The Morgan fingerprint density at radius 3 is 2.33 bits per heavy atom. The number of Topliss-reactive ketones (excluding diaryl/α,β-unsaturated/α-hetero) is 1. The molecule has 1 N–H and O–H groups in total. The summed E-state index contributed by atoms with van der Waals surface area (Å²) in [5.74, 6) is -0.922. The summed E-state index contributed by atoms with van der Waals surface area (Å²) < 4.78 is 5.67. The Kier molecular flexibility index (Phi) is 4.38. The van der Waals surface area contributed by atoms with Crippen molar-refractivity contribution in [1.82, 2.24) is 0 Å². The molecular formula is C17H16O4. The molecule has 0 unspecified atom stereocenters. The second-order valence-corrected chi connectivity index (χ2v) is 4.75. The smallest absolute Gasteiger partial charge is 0.336 e. The number of benzene rings is 2. The van der Waals surface area contributed by atoms with Crippen LogP contribution < -0.4 is 4.74 Å². The highest BCUT2D eigenvalue weighted by molar-refractivity contribution is 6.06. The Morgan fingerprint density at radius 2 is 1.76 bits per heavy atom. The lowest BCUT2D eigenvalue weighted by Crippen LogP contribution is -2.10. The van der Waals surface area contributed by atoms with Crippen LogP contribution in [0.15, 0.2) is 42.5 Å². The molecule has 0 bridgehead atoms. The molecule has 0 spiro atoms. The molecular weight excluding hydrogens is 268 g/mol. The first-order valence-electron chi connectivity index (χ1n) is 6.55. The van der Waals surface area contributed by atoms with Gasteiger partial charge in [0.15, 0.2) is 5.78 Å². The summed E-state index contributed by atoms with van der Waals surface area (Å²) in [6.07, 6.45) is 0. The third-order valence-corrected chi connectivity index (χ3v) is 3.25. The Hall–Kier alpha value is -2.62. The Balaban J connectivity index is 2.31. The van der Waals surface area contributed by atoms with Crippen LogP contribution in [0.25, 0.3) is 0 Å². The minimum absolute atomic E-state index is 0.00746. The molecule has 0 aliphatic carbocycles. The van der Waals surface area contributed by atoms with Crippen molar-refractivity contribution in [2.75, 3.05) is 0 Å². The number of hydrogen-bond acceptors (Lipinski definition) is 3. The van der Waals surface area contributed by atoms with Gasteiger partial charge in [0.1, 0.15) is 12.4 Å². The number of carbonyl (C=O) groups excluding carboxylic acids is 1. The molecule has 0 aliphatic rings. The molecule has 0 fully saturated rings. The van der Waals surface area contributed by atoms with Crippen LogP contribution in [0.3, 0.4) is 0 Å². The van der Waals surface area contributed by atoms with Gasteiger partial charge in [-0.25, -0.2) is 4.79 Å². The van der Waals surface area contributed by atoms with Crippen molar-refractivity contribution in [3.8, 4) is 5.75 Å². The number of carboxylic acids is 1. The van der Waals surface area contributed by atoms with E-state index in [0.717, 1.165) is 5.56 Å². The van der Waals surface area contributed by atoms with Crippen LogP contribution in [-0.2, 0) is 6.61 Å². The molecule has 0 saturated carbocycles. The standard InChI is InChI=1S/C17H16O4/c1-11-15(21-10-13-6-4-3-5-7-13)9-8-14(12(2)18)16(11)17(19)20/h3-9H,10H2,1-2H3,(H,19,20). The van der Waals surface area contributed by atoms with Crippen LogP contribution in [-0.4, -0.2) is 16.9 Å². The maximum atomic E-state index is 11.5. The number of ether oxygens (including phenoxy) is 1. The number of aromatic carboxylic acids is 1. The molecule has 21 heavy (non-hydrogen) atoms. The fraction of sp³-hybridized carbons (Fsp3) is 0.176. The van der Waals surface area contributed by atoms with Crippen molar-refractivity contribution in [1.29, 1.82) is 0 Å². The van der Waals surface area contributed by atoms with Crippen LogP contribution in [0.2, 0.25) is 0 Å². The van der Waals surface area contributed by atoms with Gasteiger partial charge in [0.2, 0.25) is 0 Å². The minimum Gasteiger partial charge on any atom is -0.489 e. The number of rotatable bonds is 5. The molecule has 0 heterocycles. The highest BCUT2D eigenvalue weighted by Gasteiger charge is 2.19. The van der Waals surface area contributed by atoms with Crippen LogP contribution in [0.1, 0.15) is 38.8 Å². The summed E-state index contributed by atoms with van der Waals surface area (Å²) in [7, 11) is 0. The SMILES string of the molecule is CC(=O)c1ccc(OCc2ccccc2)c(C)c1C(=O)O. The summed E-state index contributed by atoms with van der Waals surface area (Å²) in [6, 6.07) is 12.7. The molecule has 2 aromatic carbocycles. The van der Waals surface area contributed by atoms with Gasteiger partial charge in [0.05, 0.1) is 5.56 Å². The van der Waals surface area contributed by atoms with Crippen LogP contribution >= 0.6 is 0 Å². The summed E-state index contributed by atoms with van der Waals surface area (Å²) in [4.78, 5) is 22.9. The molecule has 0 amide bonds. The van der Waals surface area contributed by atoms with Crippen molar-refractivity contribution >= 4 is 11.8 Å². The summed E-state index contributed by atoms with van der Waals surface area (Å²) in [5, 5.41) is 9.30. The highest BCUT2D eigenvalue weighted by atomic mass is 16.5. The van der Waals surface area contributed by atoms with E-state index in [9.17, 15) is 14.7 Å². The van der Waals surface area contributed by atoms with E-state index < -0.39 is 5.97 Å². The van der Waals surface area contributed by atoms with Gasteiger partial charge in [-0.3, -0.25) is 4.79 Å². The molecule has 0 radical (unpaired) electrons. The van der Waals surface area contributed by atoms with E-state index in [1.807, 2.05) is 30.3 Å². The first kappa shape index (κ1) is 14.8. The maximum absolute atomic E-state index is 11.5. The molecule has 0 aliphatic heterocycles. The maximum Gasteiger partial charge on any atom is 0.336 e. The van der Waals surface area contributed by atoms with Gasteiger partial charge in [-0.15, -0.1) is 0 Å². The summed E-state index contributed by atoms with van der Waals surface area (Å²) in [5.41, 5.74) is 1.66. The second kappa shape index (κ2) is 6.22. The van der Waals surface area contributed by atoms with E-state index in [2.05, 4.69) is 0 Å². The predicted molar refractivity (Wildman–Crippen MR) is 78.9 cm³/mol. The molecule has 0 saturated heterocycles. The van der Waals surface area contributed by atoms with E-state index in [0.29, 0.717) is 17.9 Å². The predicted octanol–water partition coefficient (Wildman–Crippen LogP) is 3.47. The van der Waals surface area contributed by atoms with Crippen molar-refractivity contribution in [3.63, 3.8) is 0 Å². The van der Waals surface area contributed by atoms with E-state index in [4.69, 9.17) is 4.74 Å². The molecule has 0 atom stereocenters. The highest BCUT2D eigenvalue weighted by Crippen LogP contribution is 2.26. The lowest BCUT2D eigenvalue weighted by Gasteiger charge is -2.13. The van der Waals surface area contributed by atoms with Gasteiger partial charge in [0.25, 0.3) is 0 Å². The van der Waals surface area contributed by atoms with Gasteiger partial charge < -0.3 is 9.84 Å². The number of hydrogen-bond donors (Lipinski definition) is 1. The average Bonchev–Trinajstić information content (AvgIpc) is 2.46. The van der Waals surface area contributed by atoms with Crippen molar-refractivity contribution < 1.29 is 19.4 Å². The Bertz CT molecular complexity index is 675. The molecule has 4 heteroatoms. The normalized spacial score (nSPS) is 10.2. The summed E-state index contributed by atoms with van der Waals surface area (Å²) in [6.45, 7) is 3.35. The lowest BCUT2D eigenvalue weighted by molar-refractivity contribution is 0.0691. The van der Waals surface area contributed by atoms with E-state index in [1.54, 1.807) is 13.0 Å². The molecule has 4 nitrogen and oxygen atoms in total. The van der Waals surface area contributed by atoms with Gasteiger partial charge in [-0.1, -0.05) is 30.3 Å². The zero-order chi connectivity index (χ0) is 15.4. The Morgan fingerprint density at radius 1 is 1.10 bits per heavy atom. The second-order valence-electron chi connectivity index (χ2n) is 4.75. The van der Waals surface area contributed by atoms with Gasteiger partial charge in [0, 0.05) is 11.1 Å². The van der Waals surface area contributed by atoms with Crippen molar-refractivity contribution in [2.24, 2.45) is 0 Å². The first-order chi connectivity index (χ1) is 10.0. The van der Waals surface area contributed by atoms with Crippen molar-refractivity contribution in [2.45, 2.75) is 20.5 Å². The van der Waals surface area contributed by atoms with Crippen LogP contribution in [0.5, 0.6) is 5.75 Å². The van der Waals surface area contributed by atoms with Crippen LogP contribution in [0, 0.1) is 6.92 Å². The first-order valence-corrected chi connectivity index (χ1v) is 6.55. The zero-order valence-electron chi connectivity index (χ0n) is 11.9. The fourth-order valence-corrected chi connectivity index (χ4v) is 2.15. The number of carbonyl (C=O) groups is 2. The fourth-order valence-electron chi connectivity index (χ4n) is 2.15.